The van der Waals surface area contributed by atoms with Crippen LogP contribution in [-0.2, 0) is 0 Å². The Morgan fingerprint density at radius 3 is 2.40 bits per heavy atom. The molecule has 0 heteroatoms. The first-order valence-electron chi connectivity index (χ1n) is 11.8. The van der Waals surface area contributed by atoms with Crippen LogP contribution < -0.4 is 0 Å². The molecule has 144 valence electrons. The Kier molecular flexibility index (Phi) is 4.61. The van der Waals surface area contributed by atoms with Crippen LogP contribution in [0.2, 0.25) is 0 Å². The zero-order valence-corrected chi connectivity index (χ0v) is 18.0. The van der Waals surface area contributed by atoms with Gasteiger partial charge in [0.05, 0.1) is 0 Å². The van der Waals surface area contributed by atoms with Gasteiger partial charge in [-0.3, -0.25) is 0 Å². The van der Waals surface area contributed by atoms with Gasteiger partial charge in [0.15, 0.2) is 0 Å². The summed E-state index contributed by atoms with van der Waals surface area (Å²) < 4.78 is 0. The molecule has 4 saturated carbocycles. The monoisotopic (exact) mass is 344 g/mol. The highest BCUT2D eigenvalue weighted by molar-refractivity contribution is 5.11. The summed E-state index contributed by atoms with van der Waals surface area (Å²) in [7, 11) is 0. The maximum absolute atomic E-state index is 2.74. The molecule has 0 amide bonds. The zero-order valence-electron chi connectivity index (χ0n) is 18.0. The fourth-order valence-corrected chi connectivity index (χ4v) is 9.06. The minimum atomic E-state index is 0.641. The molecular formula is C25H44. The summed E-state index contributed by atoms with van der Waals surface area (Å²) >= 11 is 0. The lowest BCUT2D eigenvalue weighted by Crippen LogP contribution is -2.56. The minimum absolute atomic E-state index is 0.641. The van der Waals surface area contributed by atoms with E-state index in [-0.39, 0.29) is 0 Å². The van der Waals surface area contributed by atoms with E-state index in [1.165, 1.54) is 32.1 Å². The van der Waals surface area contributed by atoms with Crippen LogP contribution in [-0.4, -0.2) is 0 Å². The van der Waals surface area contributed by atoms with E-state index >= 15 is 0 Å². The van der Waals surface area contributed by atoms with Crippen molar-refractivity contribution in [1.29, 1.82) is 0 Å². The van der Waals surface area contributed by atoms with Crippen LogP contribution >= 0.6 is 0 Å². The Labute approximate surface area is 157 Å². The molecule has 0 spiro atoms. The Balaban J connectivity index is 1.64. The van der Waals surface area contributed by atoms with Crippen LogP contribution in [0.1, 0.15) is 99.3 Å². The number of rotatable bonds is 2. The van der Waals surface area contributed by atoms with Gasteiger partial charge in [-0.2, -0.15) is 0 Å². The average molecular weight is 345 g/mol. The molecule has 0 aromatic rings. The fraction of sp³-hybridized carbons (Fsp3) is 1.00. The highest BCUT2D eigenvalue weighted by Gasteiger charge is 2.62. The van der Waals surface area contributed by atoms with E-state index in [1.54, 1.807) is 25.7 Å². The summed E-state index contributed by atoms with van der Waals surface area (Å²) in [6.07, 6.45) is 13.7. The molecule has 0 heterocycles. The van der Waals surface area contributed by atoms with Crippen LogP contribution in [0.4, 0.5) is 0 Å². The van der Waals surface area contributed by atoms with Gasteiger partial charge in [-0.25, -0.2) is 0 Å². The average Bonchev–Trinajstić information content (AvgIpc) is 2.95. The van der Waals surface area contributed by atoms with E-state index < -0.39 is 0 Å². The summed E-state index contributed by atoms with van der Waals surface area (Å²) in [6.45, 7) is 15.6. The predicted molar refractivity (Wildman–Crippen MR) is 108 cm³/mol. The molecule has 0 radical (unpaired) electrons. The summed E-state index contributed by atoms with van der Waals surface area (Å²) in [5, 5.41) is 0. The third-order valence-corrected chi connectivity index (χ3v) is 10.9. The molecule has 0 nitrogen and oxygen atoms in total. The Morgan fingerprint density at radius 1 is 0.920 bits per heavy atom. The first kappa shape index (κ1) is 18.4. The molecule has 0 aromatic carbocycles. The molecule has 0 N–H and O–H groups in total. The van der Waals surface area contributed by atoms with E-state index in [9.17, 15) is 0 Å². The number of fused-ring (bicyclic) bond motifs is 5. The minimum Gasteiger partial charge on any atom is -0.0651 e. The molecule has 0 saturated heterocycles. The Bertz CT molecular complexity index is 494. The molecule has 10 unspecified atom stereocenters. The van der Waals surface area contributed by atoms with Crippen molar-refractivity contribution in [3.63, 3.8) is 0 Å². The predicted octanol–water partition coefficient (Wildman–Crippen LogP) is 7.57. The van der Waals surface area contributed by atoms with Crippen LogP contribution in [0.25, 0.3) is 0 Å². The molecule has 0 aliphatic heterocycles. The molecule has 25 heavy (non-hydrogen) atoms. The van der Waals surface area contributed by atoms with Gasteiger partial charge in [-0.1, -0.05) is 54.4 Å². The van der Waals surface area contributed by atoms with Gasteiger partial charge in [0.1, 0.15) is 0 Å². The maximum atomic E-state index is 2.74. The van der Waals surface area contributed by atoms with Gasteiger partial charge in [0, 0.05) is 0 Å². The lowest BCUT2D eigenvalue weighted by atomic mass is 9.42. The van der Waals surface area contributed by atoms with Gasteiger partial charge >= 0.3 is 0 Å². The van der Waals surface area contributed by atoms with E-state index in [1.807, 2.05) is 0 Å². The molecule has 0 aromatic heterocycles. The molecule has 4 rings (SSSR count). The SMILES string of the molecule is CCC(C)C1CCC2C3CCC4CC(C)CCC4(C)C3CC(C)C12C. The van der Waals surface area contributed by atoms with Crippen molar-refractivity contribution in [3.05, 3.63) is 0 Å². The second kappa shape index (κ2) is 6.27. The standard InChI is InChI=1S/C25H44/c1-7-17(3)21-10-11-22-20-9-8-19-14-16(2)12-13-24(19,5)23(20)15-18(4)25(21,22)6/h16-23H,7-15H2,1-6H3. The second-order valence-corrected chi connectivity index (χ2v) is 11.6. The number of hydrogen-bond acceptors (Lipinski definition) is 0. The van der Waals surface area contributed by atoms with Gasteiger partial charge in [-0.05, 0) is 103 Å². The molecule has 4 aliphatic rings. The summed E-state index contributed by atoms with van der Waals surface area (Å²) in [5.41, 5.74) is 1.32. The van der Waals surface area contributed by atoms with Crippen LogP contribution in [0.3, 0.4) is 0 Å². The van der Waals surface area contributed by atoms with Crippen molar-refractivity contribution in [2.75, 3.05) is 0 Å². The third-order valence-electron chi connectivity index (χ3n) is 10.9. The summed E-state index contributed by atoms with van der Waals surface area (Å²) in [4.78, 5) is 0. The second-order valence-electron chi connectivity index (χ2n) is 11.6. The van der Waals surface area contributed by atoms with Crippen molar-refractivity contribution in [3.8, 4) is 0 Å². The molecule has 4 aliphatic carbocycles. The first-order valence-corrected chi connectivity index (χ1v) is 11.8. The molecule has 10 atom stereocenters. The number of hydrogen-bond donors (Lipinski definition) is 0. The Morgan fingerprint density at radius 2 is 1.68 bits per heavy atom. The molecular weight excluding hydrogens is 300 g/mol. The largest absolute Gasteiger partial charge is 0.0651 e. The fourth-order valence-electron chi connectivity index (χ4n) is 9.06. The van der Waals surface area contributed by atoms with Crippen LogP contribution in [0.5, 0.6) is 0 Å². The Hall–Kier alpha value is 0. The van der Waals surface area contributed by atoms with Gasteiger partial charge in [0.25, 0.3) is 0 Å². The lowest BCUT2D eigenvalue weighted by molar-refractivity contribution is -0.142. The van der Waals surface area contributed by atoms with Crippen LogP contribution in [0, 0.1) is 58.2 Å². The lowest BCUT2D eigenvalue weighted by Gasteiger charge is -2.63. The van der Waals surface area contributed by atoms with Gasteiger partial charge < -0.3 is 0 Å². The highest BCUT2D eigenvalue weighted by atomic mass is 14.7. The van der Waals surface area contributed by atoms with E-state index in [0.717, 1.165) is 47.3 Å². The van der Waals surface area contributed by atoms with Gasteiger partial charge in [0.2, 0.25) is 0 Å². The van der Waals surface area contributed by atoms with Crippen molar-refractivity contribution in [2.45, 2.75) is 99.3 Å². The van der Waals surface area contributed by atoms with Crippen LogP contribution in [0.15, 0.2) is 0 Å². The normalized spacial score (nSPS) is 56.6. The molecule has 0 bridgehead atoms. The summed E-state index contributed by atoms with van der Waals surface area (Å²) in [5.74, 6) is 8.04. The first-order chi connectivity index (χ1) is 11.8. The van der Waals surface area contributed by atoms with E-state index in [0.29, 0.717) is 10.8 Å². The van der Waals surface area contributed by atoms with Crippen molar-refractivity contribution >= 4 is 0 Å². The van der Waals surface area contributed by atoms with Gasteiger partial charge in [-0.15, -0.1) is 0 Å². The zero-order chi connectivity index (χ0) is 18.0. The topological polar surface area (TPSA) is 0 Å². The van der Waals surface area contributed by atoms with E-state index in [2.05, 4.69) is 41.5 Å². The quantitative estimate of drug-likeness (QED) is 0.484. The smallest absolute Gasteiger partial charge is 0.0238 e. The van der Waals surface area contributed by atoms with Crippen molar-refractivity contribution < 1.29 is 0 Å². The maximum Gasteiger partial charge on any atom is -0.0238 e. The molecule has 4 fully saturated rings. The highest BCUT2D eigenvalue weighted by Crippen LogP contribution is 2.70. The third kappa shape index (κ3) is 2.51. The van der Waals surface area contributed by atoms with E-state index in [4.69, 9.17) is 0 Å². The summed E-state index contributed by atoms with van der Waals surface area (Å²) in [6, 6.07) is 0. The van der Waals surface area contributed by atoms with Crippen molar-refractivity contribution in [2.24, 2.45) is 58.2 Å². The van der Waals surface area contributed by atoms with Crippen molar-refractivity contribution in [1.82, 2.24) is 0 Å².